The van der Waals surface area contributed by atoms with Crippen molar-refractivity contribution in [2.24, 2.45) is 0 Å². The topological polar surface area (TPSA) is 52.7 Å². The Kier molecular flexibility index (Phi) is 6.34. The van der Waals surface area contributed by atoms with E-state index in [4.69, 9.17) is 0 Å². The molecule has 2 saturated heterocycles. The summed E-state index contributed by atoms with van der Waals surface area (Å²) in [5, 5.41) is 0. The molecule has 2 aliphatic heterocycles. The lowest BCUT2D eigenvalue weighted by Crippen LogP contribution is -2.26. The van der Waals surface area contributed by atoms with Gasteiger partial charge >= 0.3 is 0 Å². The van der Waals surface area contributed by atoms with E-state index >= 15 is 0 Å². The number of hydrogen-bond acceptors (Lipinski definition) is 4. The zero-order chi connectivity index (χ0) is 21.1. The van der Waals surface area contributed by atoms with Gasteiger partial charge in [-0.2, -0.15) is 0 Å². The Morgan fingerprint density at radius 1 is 1.07 bits per heavy atom. The van der Waals surface area contributed by atoms with Crippen LogP contribution >= 0.6 is 0 Å². The lowest BCUT2D eigenvalue weighted by atomic mass is 9.98. The van der Waals surface area contributed by atoms with Crippen LogP contribution in [0.4, 0.5) is 11.4 Å². The molecule has 0 saturated carbocycles. The van der Waals surface area contributed by atoms with Gasteiger partial charge in [-0.05, 0) is 87.5 Å². The first-order valence-corrected chi connectivity index (χ1v) is 12.7. The van der Waals surface area contributed by atoms with E-state index in [1.54, 1.807) is 12.1 Å². The minimum Gasteiger partial charge on any atom is -0.369 e. The fourth-order valence-electron chi connectivity index (χ4n) is 4.81. The van der Waals surface area contributed by atoms with Gasteiger partial charge in [-0.1, -0.05) is 25.1 Å². The molecule has 0 radical (unpaired) electrons. The molecule has 0 bridgehead atoms. The summed E-state index contributed by atoms with van der Waals surface area (Å²) in [6.07, 6.45) is 4.66. The first kappa shape index (κ1) is 21.2. The van der Waals surface area contributed by atoms with Crippen molar-refractivity contribution in [3.05, 3.63) is 54.1 Å². The lowest BCUT2D eigenvalue weighted by molar-refractivity contribution is 0.335. The van der Waals surface area contributed by atoms with E-state index in [9.17, 15) is 8.42 Å². The lowest BCUT2D eigenvalue weighted by Gasteiger charge is -2.24. The van der Waals surface area contributed by atoms with Crippen LogP contribution in [-0.2, 0) is 10.0 Å². The highest BCUT2D eigenvalue weighted by Crippen LogP contribution is 2.30. The van der Waals surface area contributed by atoms with Gasteiger partial charge in [-0.15, -0.1) is 0 Å². The molecule has 1 N–H and O–H groups in total. The van der Waals surface area contributed by atoms with Gasteiger partial charge in [0.15, 0.2) is 0 Å². The molecule has 0 aromatic heterocycles. The fraction of sp³-hybridized carbons (Fsp3) is 0.500. The van der Waals surface area contributed by atoms with Crippen molar-refractivity contribution in [2.45, 2.75) is 56.4 Å². The van der Waals surface area contributed by atoms with Crippen LogP contribution in [0.1, 0.15) is 51.0 Å². The molecule has 0 spiro atoms. The molecule has 4 rings (SSSR count). The van der Waals surface area contributed by atoms with Gasteiger partial charge in [0.1, 0.15) is 0 Å². The number of benzene rings is 2. The van der Waals surface area contributed by atoms with Gasteiger partial charge in [0, 0.05) is 30.5 Å². The SMILES string of the molecule is CCCN1CC[C@@H](c2ccc(NS(=O)(=O)c3cccc(N4CCCC4C)c3)cc2)C1. The van der Waals surface area contributed by atoms with Crippen LogP contribution in [0.2, 0.25) is 0 Å². The average molecular weight is 428 g/mol. The maximum Gasteiger partial charge on any atom is 0.261 e. The van der Waals surface area contributed by atoms with E-state index in [-0.39, 0.29) is 0 Å². The molecule has 6 heteroatoms. The molecule has 0 amide bonds. The van der Waals surface area contributed by atoms with E-state index in [2.05, 4.69) is 40.5 Å². The third-order valence-corrected chi connectivity index (χ3v) is 7.84. The summed E-state index contributed by atoms with van der Waals surface area (Å²) in [6.45, 7) is 8.80. The van der Waals surface area contributed by atoms with Crippen molar-refractivity contribution in [1.29, 1.82) is 0 Å². The van der Waals surface area contributed by atoms with Gasteiger partial charge in [0.2, 0.25) is 0 Å². The van der Waals surface area contributed by atoms with Gasteiger partial charge in [-0.25, -0.2) is 8.42 Å². The zero-order valence-electron chi connectivity index (χ0n) is 18.0. The highest BCUT2D eigenvalue weighted by atomic mass is 32.2. The second-order valence-electron chi connectivity index (χ2n) is 8.70. The van der Waals surface area contributed by atoms with Crippen LogP contribution in [0.5, 0.6) is 0 Å². The van der Waals surface area contributed by atoms with Crippen molar-refractivity contribution in [3.63, 3.8) is 0 Å². The summed E-state index contributed by atoms with van der Waals surface area (Å²) in [4.78, 5) is 5.11. The summed E-state index contributed by atoms with van der Waals surface area (Å²) in [6, 6.07) is 15.7. The van der Waals surface area contributed by atoms with Crippen LogP contribution in [0, 0.1) is 0 Å². The molecule has 162 valence electrons. The van der Waals surface area contributed by atoms with E-state index in [1.807, 2.05) is 24.3 Å². The van der Waals surface area contributed by atoms with Crippen molar-refractivity contribution >= 4 is 21.4 Å². The number of nitrogens with zero attached hydrogens (tertiary/aromatic N) is 2. The maximum atomic E-state index is 13.0. The summed E-state index contributed by atoms with van der Waals surface area (Å²) in [5.41, 5.74) is 2.89. The summed E-state index contributed by atoms with van der Waals surface area (Å²) >= 11 is 0. The van der Waals surface area contributed by atoms with E-state index < -0.39 is 10.0 Å². The Morgan fingerprint density at radius 3 is 2.57 bits per heavy atom. The predicted molar refractivity (Wildman–Crippen MR) is 124 cm³/mol. The van der Waals surface area contributed by atoms with Crippen LogP contribution in [-0.4, -0.2) is 45.5 Å². The van der Waals surface area contributed by atoms with Crippen LogP contribution in [0.25, 0.3) is 0 Å². The largest absolute Gasteiger partial charge is 0.369 e. The maximum absolute atomic E-state index is 13.0. The first-order valence-electron chi connectivity index (χ1n) is 11.2. The highest BCUT2D eigenvalue weighted by molar-refractivity contribution is 7.92. The number of hydrogen-bond donors (Lipinski definition) is 1. The standard InChI is InChI=1S/C24H33N3O2S/c1-3-14-26-16-13-21(18-26)20-9-11-22(12-10-20)25-30(28,29)24-8-4-7-23(17-24)27-15-5-6-19(27)2/h4,7-12,17,19,21,25H,3,5-6,13-16,18H2,1-2H3/t19?,21-/m1/s1. The monoisotopic (exact) mass is 427 g/mol. The molecule has 2 heterocycles. The molecular weight excluding hydrogens is 394 g/mol. The fourth-order valence-corrected chi connectivity index (χ4v) is 5.91. The van der Waals surface area contributed by atoms with Gasteiger partial charge in [-0.3, -0.25) is 4.72 Å². The smallest absolute Gasteiger partial charge is 0.261 e. The Bertz CT molecular complexity index is 959. The minimum absolute atomic E-state index is 0.314. The van der Waals surface area contributed by atoms with Crippen molar-refractivity contribution in [1.82, 2.24) is 4.90 Å². The number of anilines is 2. The number of rotatable bonds is 7. The van der Waals surface area contributed by atoms with Crippen LogP contribution < -0.4 is 9.62 Å². The molecule has 2 aromatic rings. The Morgan fingerprint density at radius 2 is 1.87 bits per heavy atom. The predicted octanol–water partition coefficient (Wildman–Crippen LogP) is 4.68. The van der Waals surface area contributed by atoms with E-state index in [0.29, 0.717) is 22.5 Å². The number of nitrogens with one attached hydrogen (secondary N) is 1. The molecular formula is C24H33N3O2S. The van der Waals surface area contributed by atoms with Gasteiger partial charge < -0.3 is 9.80 Å². The molecule has 2 aromatic carbocycles. The molecule has 30 heavy (non-hydrogen) atoms. The molecule has 2 aliphatic rings. The molecule has 2 fully saturated rings. The second-order valence-corrected chi connectivity index (χ2v) is 10.4. The highest BCUT2D eigenvalue weighted by Gasteiger charge is 2.24. The average Bonchev–Trinajstić information content (AvgIpc) is 3.38. The quantitative estimate of drug-likeness (QED) is 0.697. The molecule has 1 unspecified atom stereocenters. The van der Waals surface area contributed by atoms with Gasteiger partial charge in [0.25, 0.3) is 10.0 Å². The van der Waals surface area contributed by atoms with Crippen molar-refractivity contribution < 1.29 is 8.42 Å². The zero-order valence-corrected chi connectivity index (χ0v) is 18.9. The Balaban J connectivity index is 1.45. The Labute approximate surface area is 181 Å². The molecule has 0 aliphatic carbocycles. The third kappa shape index (κ3) is 4.65. The molecule has 5 nitrogen and oxygen atoms in total. The van der Waals surface area contributed by atoms with Gasteiger partial charge in [0.05, 0.1) is 4.90 Å². The van der Waals surface area contributed by atoms with Crippen LogP contribution in [0.15, 0.2) is 53.4 Å². The Hall–Kier alpha value is -2.05. The summed E-state index contributed by atoms with van der Waals surface area (Å²) in [5.74, 6) is 0.543. The molecule has 2 atom stereocenters. The minimum atomic E-state index is -3.62. The second kappa shape index (κ2) is 8.98. The van der Waals surface area contributed by atoms with E-state index in [1.165, 1.54) is 18.4 Å². The third-order valence-electron chi connectivity index (χ3n) is 6.46. The van der Waals surface area contributed by atoms with Crippen LogP contribution in [0.3, 0.4) is 0 Å². The van der Waals surface area contributed by atoms with Crippen molar-refractivity contribution in [3.8, 4) is 0 Å². The summed E-state index contributed by atoms with van der Waals surface area (Å²) in [7, 11) is -3.62. The normalized spacial score (nSPS) is 22.5. The number of likely N-dealkylation sites (tertiary alicyclic amines) is 1. The van der Waals surface area contributed by atoms with E-state index in [0.717, 1.165) is 44.7 Å². The first-order chi connectivity index (χ1) is 14.5. The number of sulfonamides is 1. The van der Waals surface area contributed by atoms with Crippen molar-refractivity contribution in [2.75, 3.05) is 35.8 Å². The summed E-state index contributed by atoms with van der Waals surface area (Å²) < 4.78 is 28.7.